The minimum Gasteiger partial charge on any atom is -0.312 e. The van der Waals surface area contributed by atoms with Gasteiger partial charge in [0.25, 0.3) is 0 Å². The summed E-state index contributed by atoms with van der Waals surface area (Å²) in [7, 11) is 0. The standard InChI is InChI=1S/C14H19N3S/c1-10(2)7-15-8-12-9-16-14(17-11(12)3)13-5-4-6-18-13/h4-6,9-10,15H,7-8H2,1-3H3. The van der Waals surface area contributed by atoms with Gasteiger partial charge in [0, 0.05) is 24.0 Å². The maximum absolute atomic E-state index is 4.57. The Bertz CT molecular complexity index is 492. The van der Waals surface area contributed by atoms with Crippen LogP contribution in [-0.4, -0.2) is 16.5 Å². The maximum Gasteiger partial charge on any atom is 0.169 e. The molecule has 2 rings (SSSR count). The zero-order valence-corrected chi connectivity index (χ0v) is 11.9. The first-order valence-electron chi connectivity index (χ1n) is 6.24. The van der Waals surface area contributed by atoms with Crippen molar-refractivity contribution in [3.05, 3.63) is 35.0 Å². The van der Waals surface area contributed by atoms with E-state index in [4.69, 9.17) is 0 Å². The molecule has 2 aromatic rings. The van der Waals surface area contributed by atoms with Crippen LogP contribution in [0.4, 0.5) is 0 Å². The van der Waals surface area contributed by atoms with Gasteiger partial charge in [-0.2, -0.15) is 0 Å². The minimum atomic E-state index is 0.664. The van der Waals surface area contributed by atoms with Gasteiger partial charge in [-0.05, 0) is 30.8 Å². The predicted molar refractivity (Wildman–Crippen MR) is 76.6 cm³/mol. The lowest BCUT2D eigenvalue weighted by atomic mass is 10.2. The van der Waals surface area contributed by atoms with Gasteiger partial charge < -0.3 is 5.32 Å². The van der Waals surface area contributed by atoms with Crippen LogP contribution in [0.25, 0.3) is 10.7 Å². The molecule has 4 heteroatoms. The molecule has 1 N–H and O–H groups in total. The van der Waals surface area contributed by atoms with Crippen LogP contribution in [0, 0.1) is 12.8 Å². The van der Waals surface area contributed by atoms with Crippen LogP contribution in [0.5, 0.6) is 0 Å². The summed E-state index contributed by atoms with van der Waals surface area (Å²) in [5.74, 6) is 1.49. The molecule has 0 unspecified atom stereocenters. The van der Waals surface area contributed by atoms with Crippen LogP contribution in [0.15, 0.2) is 23.7 Å². The van der Waals surface area contributed by atoms with E-state index in [0.717, 1.165) is 29.5 Å². The van der Waals surface area contributed by atoms with Crippen molar-refractivity contribution in [3.63, 3.8) is 0 Å². The smallest absolute Gasteiger partial charge is 0.169 e. The number of aromatic nitrogens is 2. The summed E-state index contributed by atoms with van der Waals surface area (Å²) < 4.78 is 0. The molecule has 96 valence electrons. The molecule has 0 fully saturated rings. The molecule has 0 radical (unpaired) electrons. The number of aryl methyl sites for hydroxylation is 1. The number of nitrogens with one attached hydrogen (secondary N) is 1. The average Bonchev–Trinajstić information content (AvgIpc) is 2.84. The fourth-order valence-electron chi connectivity index (χ4n) is 1.69. The Morgan fingerprint density at radius 1 is 1.39 bits per heavy atom. The summed E-state index contributed by atoms with van der Waals surface area (Å²) in [6, 6.07) is 4.08. The third-order valence-corrected chi connectivity index (χ3v) is 3.56. The van der Waals surface area contributed by atoms with E-state index in [9.17, 15) is 0 Å². The molecule has 0 aromatic carbocycles. The highest BCUT2D eigenvalue weighted by molar-refractivity contribution is 7.13. The van der Waals surface area contributed by atoms with Crippen molar-refractivity contribution in [1.29, 1.82) is 0 Å². The van der Waals surface area contributed by atoms with Crippen molar-refractivity contribution in [3.8, 4) is 10.7 Å². The Labute approximate surface area is 112 Å². The zero-order valence-electron chi connectivity index (χ0n) is 11.1. The topological polar surface area (TPSA) is 37.8 Å². The van der Waals surface area contributed by atoms with E-state index in [2.05, 4.69) is 35.2 Å². The first kappa shape index (κ1) is 13.2. The predicted octanol–water partition coefficient (Wildman–Crippen LogP) is 3.26. The van der Waals surface area contributed by atoms with Crippen LogP contribution in [0.1, 0.15) is 25.1 Å². The van der Waals surface area contributed by atoms with E-state index >= 15 is 0 Å². The quantitative estimate of drug-likeness (QED) is 0.897. The summed E-state index contributed by atoms with van der Waals surface area (Å²) in [5.41, 5.74) is 2.24. The Morgan fingerprint density at radius 2 is 2.22 bits per heavy atom. The number of nitrogens with zero attached hydrogens (tertiary/aromatic N) is 2. The van der Waals surface area contributed by atoms with Gasteiger partial charge in [-0.3, -0.25) is 0 Å². The van der Waals surface area contributed by atoms with Gasteiger partial charge >= 0.3 is 0 Å². The van der Waals surface area contributed by atoms with Crippen molar-refractivity contribution in [2.24, 2.45) is 5.92 Å². The van der Waals surface area contributed by atoms with Crippen LogP contribution < -0.4 is 5.32 Å². The van der Waals surface area contributed by atoms with Crippen LogP contribution in [0.2, 0.25) is 0 Å². The van der Waals surface area contributed by atoms with Gasteiger partial charge in [0.2, 0.25) is 0 Å². The molecule has 2 heterocycles. The molecule has 0 bridgehead atoms. The highest BCUT2D eigenvalue weighted by atomic mass is 32.1. The van der Waals surface area contributed by atoms with Gasteiger partial charge in [0.15, 0.2) is 5.82 Å². The third kappa shape index (κ3) is 3.37. The highest BCUT2D eigenvalue weighted by Gasteiger charge is 2.06. The largest absolute Gasteiger partial charge is 0.312 e. The molecule has 0 aliphatic carbocycles. The van der Waals surface area contributed by atoms with E-state index in [1.165, 1.54) is 5.56 Å². The molecule has 0 spiro atoms. The maximum atomic E-state index is 4.57. The lowest BCUT2D eigenvalue weighted by Gasteiger charge is -2.09. The van der Waals surface area contributed by atoms with E-state index in [0.29, 0.717) is 5.92 Å². The molecule has 18 heavy (non-hydrogen) atoms. The Balaban J connectivity index is 2.06. The van der Waals surface area contributed by atoms with Crippen molar-refractivity contribution in [2.75, 3.05) is 6.54 Å². The van der Waals surface area contributed by atoms with Crippen LogP contribution in [0.3, 0.4) is 0 Å². The summed E-state index contributed by atoms with van der Waals surface area (Å²) in [6.07, 6.45) is 1.94. The molecule has 0 amide bonds. The van der Waals surface area contributed by atoms with Crippen molar-refractivity contribution < 1.29 is 0 Å². The van der Waals surface area contributed by atoms with Crippen LogP contribution >= 0.6 is 11.3 Å². The van der Waals surface area contributed by atoms with Crippen molar-refractivity contribution in [1.82, 2.24) is 15.3 Å². The molecule has 0 saturated carbocycles. The Kier molecular flexibility index (Phi) is 4.44. The second-order valence-electron chi connectivity index (χ2n) is 4.81. The number of hydrogen-bond acceptors (Lipinski definition) is 4. The lowest BCUT2D eigenvalue weighted by Crippen LogP contribution is -2.20. The Morgan fingerprint density at radius 3 is 2.83 bits per heavy atom. The van der Waals surface area contributed by atoms with Gasteiger partial charge in [-0.15, -0.1) is 11.3 Å². The second-order valence-corrected chi connectivity index (χ2v) is 5.75. The Hall–Kier alpha value is -1.26. The summed E-state index contributed by atoms with van der Waals surface area (Å²) >= 11 is 1.67. The number of rotatable bonds is 5. The molecule has 2 aromatic heterocycles. The number of thiophene rings is 1. The highest BCUT2D eigenvalue weighted by Crippen LogP contribution is 2.21. The summed E-state index contributed by atoms with van der Waals surface area (Å²) in [6.45, 7) is 8.32. The lowest BCUT2D eigenvalue weighted by molar-refractivity contribution is 0.550. The van der Waals surface area contributed by atoms with Crippen molar-refractivity contribution >= 4 is 11.3 Å². The SMILES string of the molecule is Cc1nc(-c2cccs2)ncc1CNCC(C)C. The third-order valence-electron chi connectivity index (χ3n) is 2.69. The average molecular weight is 261 g/mol. The second kappa shape index (κ2) is 6.07. The van der Waals surface area contributed by atoms with E-state index < -0.39 is 0 Å². The molecule has 0 saturated heterocycles. The first-order chi connectivity index (χ1) is 8.66. The van der Waals surface area contributed by atoms with E-state index in [1.807, 2.05) is 24.6 Å². The van der Waals surface area contributed by atoms with Gasteiger partial charge in [-0.25, -0.2) is 9.97 Å². The molecule has 3 nitrogen and oxygen atoms in total. The fraction of sp³-hybridized carbons (Fsp3) is 0.429. The van der Waals surface area contributed by atoms with Gasteiger partial charge in [0.05, 0.1) is 4.88 Å². The van der Waals surface area contributed by atoms with E-state index in [-0.39, 0.29) is 0 Å². The van der Waals surface area contributed by atoms with Crippen LogP contribution in [-0.2, 0) is 6.54 Å². The monoisotopic (exact) mass is 261 g/mol. The molecule has 0 atom stereocenters. The summed E-state index contributed by atoms with van der Waals surface area (Å²) in [4.78, 5) is 10.1. The normalized spacial score (nSPS) is 11.1. The molecule has 0 aliphatic rings. The molecular formula is C14H19N3S. The molecule has 0 aliphatic heterocycles. The minimum absolute atomic E-state index is 0.664. The zero-order chi connectivity index (χ0) is 13.0. The molecular weight excluding hydrogens is 242 g/mol. The first-order valence-corrected chi connectivity index (χ1v) is 7.12. The number of hydrogen-bond donors (Lipinski definition) is 1. The van der Waals surface area contributed by atoms with Gasteiger partial charge in [0.1, 0.15) is 0 Å². The van der Waals surface area contributed by atoms with E-state index in [1.54, 1.807) is 11.3 Å². The summed E-state index contributed by atoms with van der Waals surface area (Å²) in [5, 5.41) is 5.47. The van der Waals surface area contributed by atoms with Crippen molar-refractivity contribution in [2.45, 2.75) is 27.3 Å². The van der Waals surface area contributed by atoms with Gasteiger partial charge in [-0.1, -0.05) is 19.9 Å². The fourth-order valence-corrected chi connectivity index (χ4v) is 2.35.